The Hall–Kier alpha value is -3.10. The summed E-state index contributed by atoms with van der Waals surface area (Å²) in [6.45, 7) is 16.8. The highest BCUT2D eigenvalue weighted by Gasteiger charge is 2.26. The van der Waals surface area contributed by atoms with Crippen molar-refractivity contribution in [3.8, 4) is 0 Å². The van der Waals surface area contributed by atoms with Gasteiger partial charge >= 0.3 is 0 Å². The smallest absolute Gasteiger partial charge is 0.242 e. The number of carbonyl (C=O) groups is 3. The number of nitrogens with one attached hydrogen (secondary N) is 2. The zero-order chi connectivity index (χ0) is 29.8. The normalized spacial score (nSPS) is 16.5. The number of benzene rings is 1. The number of anilines is 1. The van der Waals surface area contributed by atoms with Crippen molar-refractivity contribution in [1.29, 1.82) is 0 Å². The average molecular weight is 555 g/mol. The molecule has 1 aromatic carbocycles. The zero-order valence-corrected chi connectivity index (χ0v) is 25.0. The Labute approximate surface area is 241 Å². The number of likely N-dealkylation sites (tertiary alicyclic amines) is 1. The van der Waals surface area contributed by atoms with E-state index < -0.39 is 0 Å². The Morgan fingerprint density at radius 2 is 1.60 bits per heavy atom. The molecule has 2 saturated heterocycles. The van der Waals surface area contributed by atoms with Crippen LogP contribution >= 0.6 is 0 Å². The predicted octanol–water partition coefficient (Wildman–Crippen LogP) is 4.85. The highest BCUT2D eigenvalue weighted by molar-refractivity contribution is 5.84. The molecule has 1 amide bonds. The van der Waals surface area contributed by atoms with Gasteiger partial charge in [0.25, 0.3) is 0 Å². The van der Waals surface area contributed by atoms with E-state index in [-0.39, 0.29) is 11.9 Å². The number of pyridine rings is 1. The number of hydrogen-bond donors (Lipinski definition) is 2. The molecule has 3 heterocycles. The topological polar surface area (TPSA) is 101 Å². The third-order valence-corrected chi connectivity index (χ3v) is 7.42. The molecule has 2 aliphatic heterocycles. The van der Waals surface area contributed by atoms with E-state index in [2.05, 4.69) is 51.7 Å². The number of aromatic nitrogens is 1. The molecule has 222 valence electrons. The fraction of sp³-hybridized carbons (Fsp3) is 0.562. The van der Waals surface area contributed by atoms with E-state index in [1.54, 1.807) is 6.20 Å². The van der Waals surface area contributed by atoms with E-state index in [0.29, 0.717) is 6.54 Å². The van der Waals surface area contributed by atoms with Gasteiger partial charge in [0.05, 0.1) is 0 Å². The molecule has 0 bridgehead atoms. The largest absolute Gasteiger partial charge is 0.381 e. The summed E-state index contributed by atoms with van der Waals surface area (Å²) >= 11 is 0. The summed E-state index contributed by atoms with van der Waals surface area (Å²) < 4.78 is 5.52. The first-order chi connectivity index (χ1) is 19.6. The van der Waals surface area contributed by atoms with Crippen LogP contribution < -0.4 is 10.6 Å². The van der Waals surface area contributed by atoms with Crippen molar-refractivity contribution >= 4 is 25.2 Å². The maximum atomic E-state index is 12.6. The number of carbonyl (C=O) groups excluding carboxylic acids is 3. The molecule has 2 fully saturated rings. The van der Waals surface area contributed by atoms with Gasteiger partial charge in [-0.25, -0.2) is 0 Å². The number of piperidine rings is 1. The lowest BCUT2D eigenvalue weighted by molar-refractivity contribution is -0.121. The molecular weight excluding hydrogens is 504 g/mol. The molecule has 0 saturated carbocycles. The van der Waals surface area contributed by atoms with Gasteiger partial charge in [-0.2, -0.15) is 0 Å². The molecule has 8 nitrogen and oxygen atoms in total. The summed E-state index contributed by atoms with van der Waals surface area (Å²) in [6.07, 6.45) is 10.6. The van der Waals surface area contributed by atoms with Crippen LogP contribution in [0.4, 0.5) is 5.69 Å². The summed E-state index contributed by atoms with van der Waals surface area (Å²) in [5, 5.41) is 6.38. The van der Waals surface area contributed by atoms with Crippen LogP contribution in [0.3, 0.4) is 0 Å². The first-order valence-corrected chi connectivity index (χ1v) is 14.6. The summed E-state index contributed by atoms with van der Waals surface area (Å²) in [5.41, 5.74) is 4.63. The van der Waals surface area contributed by atoms with Crippen LogP contribution in [0, 0.1) is 5.92 Å². The second-order valence-electron chi connectivity index (χ2n) is 9.81. The Bertz CT molecular complexity index is 940. The Kier molecular flexibility index (Phi) is 18.1. The molecule has 1 atom stereocenters. The summed E-state index contributed by atoms with van der Waals surface area (Å²) in [6, 6.07) is 11.1. The van der Waals surface area contributed by atoms with Crippen LogP contribution in [-0.4, -0.2) is 67.8 Å². The third kappa shape index (κ3) is 11.6. The minimum atomic E-state index is -0.307. The molecular formula is C32H50N4O4. The minimum Gasteiger partial charge on any atom is -0.381 e. The number of ether oxygens (including phenoxy) is 1. The fourth-order valence-electron chi connectivity index (χ4n) is 5.19. The predicted molar refractivity (Wildman–Crippen MR) is 162 cm³/mol. The van der Waals surface area contributed by atoms with Crippen molar-refractivity contribution in [2.45, 2.75) is 84.8 Å². The molecule has 2 aliphatic rings. The van der Waals surface area contributed by atoms with Gasteiger partial charge in [0.2, 0.25) is 5.91 Å². The van der Waals surface area contributed by atoms with E-state index >= 15 is 0 Å². The van der Waals surface area contributed by atoms with E-state index in [0.717, 1.165) is 54.8 Å². The van der Waals surface area contributed by atoms with Crippen molar-refractivity contribution in [2.75, 3.05) is 31.6 Å². The summed E-state index contributed by atoms with van der Waals surface area (Å²) in [7, 11) is 0. The SMILES string of the molecule is C=O.C=O.CC.CCc1cnccc1N[C@H](C)C(=O)NCc1ccc(CC2CCN(C3CCOCC3)CC2)cc1. The van der Waals surface area contributed by atoms with Gasteiger partial charge < -0.3 is 29.9 Å². The van der Waals surface area contributed by atoms with Crippen molar-refractivity contribution in [2.24, 2.45) is 5.92 Å². The average Bonchev–Trinajstić information content (AvgIpc) is 3.04. The zero-order valence-electron chi connectivity index (χ0n) is 25.0. The van der Waals surface area contributed by atoms with E-state index in [4.69, 9.17) is 14.3 Å². The van der Waals surface area contributed by atoms with Gasteiger partial charge in [0, 0.05) is 43.9 Å². The number of amides is 1. The molecule has 2 N–H and O–H groups in total. The van der Waals surface area contributed by atoms with Crippen LogP contribution in [0.25, 0.3) is 0 Å². The van der Waals surface area contributed by atoms with Crippen LogP contribution in [0.1, 0.15) is 70.1 Å². The Balaban J connectivity index is 0.00000125. The highest BCUT2D eigenvalue weighted by Crippen LogP contribution is 2.26. The van der Waals surface area contributed by atoms with Crippen LogP contribution in [0.2, 0.25) is 0 Å². The maximum Gasteiger partial charge on any atom is 0.242 e. The quantitative estimate of drug-likeness (QED) is 0.457. The Morgan fingerprint density at radius 3 is 2.20 bits per heavy atom. The number of rotatable bonds is 9. The van der Waals surface area contributed by atoms with Gasteiger partial charge in [-0.15, -0.1) is 0 Å². The van der Waals surface area contributed by atoms with Gasteiger partial charge in [-0.3, -0.25) is 9.78 Å². The molecule has 0 aliphatic carbocycles. The van der Waals surface area contributed by atoms with Crippen molar-refractivity contribution < 1.29 is 19.1 Å². The molecule has 0 unspecified atom stereocenters. The number of hydrogen-bond acceptors (Lipinski definition) is 7. The fourth-order valence-corrected chi connectivity index (χ4v) is 5.19. The van der Waals surface area contributed by atoms with Gasteiger partial charge in [-0.05, 0) is 87.2 Å². The van der Waals surface area contributed by atoms with Crippen molar-refractivity contribution in [3.05, 3.63) is 59.4 Å². The maximum absolute atomic E-state index is 12.6. The molecule has 2 aromatic rings. The van der Waals surface area contributed by atoms with Crippen LogP contribution in [0.5, 0.6) is 0 Å². The molecule has 40 heavy (non-hydrogen) atoms. The standard InChI is InChI=1S/C28H40N4O2.C2H6.2CH2O/c1-3-25-20-29-13-8-27(25)31-21(2)28(33)30-19-24-6-4-22(5-7-24)18-23-9-14-32(15-10-23)26-11-16-34-17-12-26;3*1-2/h4-8,13,20-21,23,26H,3,9-12,14-19H2,1-2H3,(H,29,31)(H,30,33);1-2H3;2*1H2/t21-;;;/m1.../s1. The lowest BCUT2D eigenvalue weighted by atomic mass is 9.88. The van der Waals surface area contributed by atoms with Gasteiger partial charge in [0.15, 0.2) is 0 Å². The van der Waals surface area contributed by atoms with Crippen molar-refractivity contribution in [1.82, 2.24) is 15.2 Å². The van der Waals surface area contributed by atoms with E-state index in [9.17, 15) is 4.79 Å². The molecule has 4 rings (SSSR count). The third-order valence-electron chi connectivity index (χ3n) is 7.42. The second-order valence-corrected chi connectivity index (χ2v) is 9.81. The van der Waals surface area contributed by atoms with E-state index in [1.165, 1.54) is 44.3 Å². The summed E-state index contributed by atoms with van der Waals surface area (Å²) in [4.78, 5) is 35.4. The van der Waals surface area contributed by atoms with Crippen LogP contribution in [-0.2, 0) is 38.5 Å². The Morgan fingerprint density at radius 1 is 1.00 bits per heavy atom. The number of nitrogens with zero attached hydrogens (tertiary/aromatic N) is 2. The van der Waals surface area contributed by atoms with Gasteiger partial charge in [-0.1, -0.05) is 45.0 Å². The molecule has 1 aromatic heterocycles. The van der Waals surface area contributed by atoms with Crippen molar-refractivity contribution in [3.63, 3.8) is 0 Å². The molecule has 0 spiro atoms. The highest BCUT2D eigenvalue weighted by atomic mass is 16.5. The second kappa shape index (κ2) is 20.8. The van der Waals surface area contributed by atoms with E-state index in [1.807, 2.05) is 46.6 Å². The molecule has 8 heteroatoms. The van der Waals surface area contributed by atoms with Crippen LogP contribution in [0.15, 0.2) is 42.7 Å². The molecule has 0 radical (unpaired) electrons. The van der Waals surface area contributed by atoms with Gasteiger partial charge in [0.1, 0.15) is 19.6 Å². The monoisotopic (exact) mass is 554 g/mol. The first kappa shape index (κ1) is 34.9. The lowest BCUT2D eigenvalue weighted by Gasteiger charge is -2.39. The first-order valence-electron chi connectivity index (χ1n) is 14.6. The summed E-state index contributed by atoms with van der Waals surface area (Å²) in [5.74, 6) is 0.772. The lowest BCUT2D eigenvalue weighted by Crippen LogP contribution is -2.44. The minimum absolute atomic E-state index is 0.000713. The number of aryl methyl sites for hydroxylation is 1.